The van der Waals surface area contributed by atoms with Gasteiger partial charge < -0.3 is 9.64 Å². The molecule has 102 valence electrons. The summed E-state index contributed by atoms with van der Waals surface area (Å²) in [6, 6.07) is 6.99. The summed E-state index contributed by atoms with van der Waals surface area (Å²) in [5.74, 6) is -0.161. The van der Waals surface area contributed by atoms with Crippen molar-refractivity contribution in [3.05, 3.63) is 35.4 Å². The highest BCUT2D eigenvalue weighted by molar-refractivity contribution is 6.07. The predicted molar refractivity (Wildman–Crippen MR) is 72.4 cm³/mol. The number of carbonyl (C=O) groups is 2. The van der Waals surface area contributed by atoms with Crippen molar-refractivity contribution in [1.82, 2.24) is 4.90 Å². The summed E-state index contributed by atoms with van der Waals surface area (Å²) in [6.07, 6.45) is 0.870. The number of benzene rings is 1. The molecule has 4 heteroatoms. The molecule has 1 aromatic carbocycles. The number of ketones is 1. The Morgan fingerprint density at radius 2 is 1.95 bits per heavy atom. The van der Waals surface area contributed by atoms with Crippen LogP contribution in [-0.2, 0) is 4.74 Å². The van der Waals surface area contributed by atoms with E-state index in [-0.39, 0.29) is 17.8 Å². The monoisotopic (exact) mass is 261 g/mol. The third kappa shape index (κ3) is 3.20. The molecular formula is C15H19NO3. The first-order valence-electron chi connectivity index (χ1n) is 6.60. The van der Waals surface area contributed by atoms with E-state index < -0.39 is 0 Å². The fourth-order valence-electron chi connectivity index (χ4n) is 2.33. The van der Waals surface area contributed by atoms with Crippen LogP contribution in [0.1, 0.15) is 41.0 Å². The molecule has 4 nitrogen and oxygen atoms in total. The van der Waals surface area contributed by atoms with Gasteiger partial charge in [-0.1, -0.05) is 18.2 Å². The second-order valence-corrected chi connectivity index (χ2v) is 4.89. The molecule has 1 saturated heterocycles. The summed E-state index contributed by atoms with van der Waals surface area (Å²) >= 11 is 0. The molecule has 1 heterocycles. The minimum Gasteiger partial charge on any atom is -0.377 e. The van der Waals surface area contributed by atoms with Gasteiger partial charge in [-0.25, -0.2) is 0 Å². The average Bonchev–Trinajstić information content (AvgIpc) is 2.62. The Bertz CT molecular complexity index is 484. The summed E-state index contributed by atoms with van der Waals surface area (Å²) in [4.78, 5) is 25.9. The largest absolute Gasteiger partial charge is 0.377 e. The Morgan fingerprint density at radius 3 is 2.63 bits per heavy atom. The van der Waals surface area contributed by atoms with E-state index in [1.165, 1.54) is 6.92 Å². The second-order valence-electron chi connectivity index (χ2n) is 4.89. The van der Waals surface area contributed by atoms with E-state index in [1.807, 2.05) is 6.92 Å². The maximum absolute atomic E-state index is 12.5. The Morgan fingerprint density at radius 1 is 1.26 bits per heavy atom. The van der Waals surface area contributed by atoms with Gasteiger partial charge in [-0.2, -0.15) is 0 Å². The van der Waals surface area contributed by atoms with Crippen LogP contribution in [0.5, 0.6) is 0 Å². The Kier molecular flexibility index (Phi) is 4.32. The van der Waals surface area contributed by atoms with E-state index in [0.717, 1.165) is 6.42 Å². The molecule has 0 saturated carbocycles. The van der Waals surface area contributed by atoms with Crippen molar-refractivity contribution in [2.45, 2.75) is 26.4 Å². The lowest BCUT2D eigenvalue weighted by Crippen LogP contribution is -2.36. The van der Waals surface area contributed by atoms with Crippen LogP contribution in [0, 0.1) is 0 Å². The van der Waals surface area contributed by atoms with Crippen LogP contribution in [-0.4, -0.2) is 42.4 Å². The first kappa shape index (κ1) is 13.7. The van der Waals surface area contributed by atoms with E-state index >= 15 is 0 Å². The lowest BCUT2D eigenvalue weighted by molar-refractivity contribution is 0.0561. The number of amides is 1. The van der Waals surface area contributed by atoms with Gasteiger partial charge in [0.2, 0.25) is 0 Å². The topological polar surface area (TPSA) is 46.6 Å². The SMILES string of the molecule is CC(=O)c1ccccc1C(=O)N1CCCOC(C)C1. The van der Waals surface area contributed by atoms with Crippen LogP contribution in [0.4, 0.5) is 0 Å². The van der Waals surface area contributed by atoms with Crippen molar-refractivity contribution in [2.75, 3.05) is 19.7 Å². The fraction of sp³-hybridized carbons (Fsp3) is 0.467. The van der Waals surface area contributed by atoms with E-state index in [2.05, 4.69) is 0 Å². The van der Waals surface area contributed by atoms with Crippen molar-refractivity contribution in [3.63, 3.8) is 0 Å². The Hall–Kier alpha value is -1.68. The normalized spacial score (nSPS) is 19.9. The standard InChI is InChI=1S/C15H19NO3/c1-11-10-16(8-5-9-19-11)15(18)14-7-4-3-6-13(14)12(2)17/h3-4,6-7,11H,5,8-10H2,1-2H3. The van der Waals surface area contributed by atoms with Crippen LogP contribution >= 0.6 is 0 Å². The molecule has 1 atom stereocenters. The predicted octanol–water partition coefficient (Wildman–Crippen LogP) is 2.14. The lowest BCUT2D eigenvalue weighted by Gasteiger charge is -2.23. The molecule has 19 heavy (non-hydrogen) atoms. The molecule has 0 N–H and O–H groups in total. The lowest BCUT2D eigenvalue weighted by atomic mass is 10.0. The van der Waals surface area contributed by atoms with Gasteiger partial charge in [-0.3, -0.25) is 9.59 Å². The number of nitrogens with zero attached hydrogens (tertiary/aromatic N) is 1. The fourth-order valence-corrected chi connectivity index (χ4v) is 2.33. The molecule has 0 aromatic heterocycles. The quantitative estimate of drug-likeness (QED) is 0.766. The van der Waals surface area contributed by atoms with Gasteiger partial charge in [-0.15, -0.1) is 0 Å². The van der Waals surface area contributed by atoms with Gasteiger partial charge in [0.15, 0.2) is 5.78 Å². The molecule has 0 spiro atoms. The maximum atomic E-state index is 12.5. The zero-order chi connectivity index (χ0) is 13.8. The molecule has 1 fully saturated rings. The highest BCUT2D eigenvalue weighted by Crippen LogP contribution is 2.15. The van der Waals surface area contributed by atoms with Gasteiger partial charge >= 0.3 is 0 Å². The van der Waals surface area contributed by atoms with Gasteiger partial charge in [0.1, 0.15) is 0 Å². The number of rotatable bonds is 2. The van der Waals surface area contributed by atoms with E-state index in [9.17, 15) is 9.59 Å². The van der Waals surface area contributed by atoms with E-state index in [1.54, 1.807) is 29.2 Å². The minimum atomic E-state index is -0.0805. The summed E-state index contributed by atoms with van der Waals surface area (Å²) in [5.41, 5.74) is 0.981. The number of ether oxygens (including phenoxy) is 1. The van der Waals surface area contributed by atoms with Crippen molar-refractivity contribution in [2.24, 2.45) is 0 Å². The highest BCUT2D eigenvalue weighted by Gasteiger charge is 2.23. The Labute approximate surface area is 113 Å². The van der Waals surface area contributed by atoms with Gasteiger partial charge in [0.25, 0.3) is 5.91 Å². The zero-order valence-electron chi connectivity index (χ0n) is 11.4. The molecular weight excluding hydrogens is 242 g/mol. The van der Waals surface area contributed by atoms with Gasteiger partial charge in [0.05, 0.1) is 11.7 Å². The number of Topliss-reactive ketones (excluding diaryl/α,β-unsaturated/α-hetero) is 1. The van der Waals surface area contributed by atoms with E-state index in [0.29, 0.717) is 30.8 Å². The zero-order valence-corrected chi connectivity index (χ0v) is 11.4. The average molecular weight is 261 g/mol. The summed E-state index contributed by atoms with van der Waals surface area (Å²) < 4.78 is 5.54. The summed E-state index contributed by atoms with van der Waals surface area (Å²) in [5, 5.41) is 0. The Balaban J connectivity index is 2.25. The molecule has 1 unspecified atom stereocenters. The van der Waals surface area contributed by atoms with Crippen LogP contribution < -0.4 is 0 Å². The molecule has 0 radical (unpaired) electrons. The second kappa shape index (κ2) is 5.97. The summed E-state index contributed by atoms with van der Waals surface area (Å²) in [6.45, 7) is 5.38. The van der Waals surface area contributed by atoms with E-state index in [4.69, 9.17) is 4.74 Å². The number of hydrogen-bond acceptors (Lipinski definition) is 3. The van der Waals surface area contributed by atoms with Crippen LogP contribution in [0.15, 0.2) is 24.3 Å². The number of carbonyl (C=O) groups excluding carboxylic acids is 2. The van der Waals surface area contributed by atoms with Gasteiger partial charge in [-0.05, 0) is 26.3 Å². The first-order chi connectivity index (χ1) is 9.09. The molecule has 1 aliphatic rings. The maximum Gasteiger partial charge on any atom is 0.254 e. The third-order valence-electron chi connectivity index (χ3n) is 3.28. The van der Waals surface area contributed by atoms with Crippen molar-refractivity contribution < 1.29 is 14.3 Å². The van der Waals surface area contributed by atoms with Crippen LogP contribution in [0.3, 0.4) is 0 Å². The molecule has 1 aromatic rings. The smallest absolute Gasteiger partial charge is 0.254 e. The first-order valence-corrected chi connectivity index (χ1v) is 6.60. The molecule has 1 aliphatic heterocycles. The van der Waals surface area contributed by atoms with Crippen LogP contribution in [0.2, 0.25) is 0 Å². The highest BCUT2D eigenvalue weighted by atomic mass is 16.5. The molecule has 2 rings (SSSR count). The van der Waals surface area contributed by atoms with Gasteiger partial charge in [0, 0.05) is 25.3 Å². The van der Waals surface area contributed by atoms with Crippen LogP contribution in [0.25, 0.3) is 0 Å². The van der Waals surface area contributed by atoms with Crippen molar-refractivity contribution in [1.29, 1.82) is 0 Å². The number of hydrogen-bond donors (Lipinski definition) is 0. The molecule has 1 amide bonds. The molecule has 0 aliphatic carbocycles. The van der Waals surface area contributed by atoms with Crippen molar-refractivity contribution >= 4 is 11.7 Å². The summed E-state index contributed by atoms with van der Waals surface area (Å²) in [7, 11) is 0. The minimum absolute atomic E-state index is 0.0379. The van der Waals surface area contributed by atoms with Crippen molar-refractivity contribution in [3.8, 4) is 0 Å². The third-order valence-corrected chi connectivity index (χ3v) is 3.28. The molecule has 0 bridgehead atoms.